The third-order valence-corrected chi connectivity index (χ3v) is 20.6. The van der Waals surface area contributed by atoms with Crippen molar-refractivity contribution >= 4 is 35.8 Å². The lowest BCUT2D eigenvalue weighted by Gasteiger charge is -2.18. The van der Waals surface area contributed by atoms with Crippen LogP contribution in [0.2, 0.25) is 0 Å². The Balaban J connectivity index is 4.76. The van der Waals surface area contributed by atoms with Crippen LogP contribution in [0.5, 0.6) is 0 Å². The van der Waals surface area contributed by atoms with Crippen molar-refractivity contribution in [3.05, 3.63) is 60.8 Å². The fraction of sp³-hybridized carbons (Fsp3) is 0.833. The highest BCUT2D eigenvalue weighted by atomic mass is 16.6. The van der Waals surface area contributed by atoms with E-state index in [1.165, 1.54) is 205 Å². The van der Waals surface area contributed by atoms with E-state index in [0.717, 1.165) is 193 Å². The maximum atomic E-state index is 13.1. The van der Waals surface area contributed by atoms with Crippen LogP contribution in [0.25, 0.3) is 0 Å². The van der Waals surface area contributed by atoms with E-state index in [-0.39, 0.29) is 75.1 Å². The van der Waals surface area contributed by atoms with E-state index in [1.807, 2.05) is 0 Å². The van der Waals surface area contributed by atoms with Crippen molar-refractivity contribution in [2.45, 2.75) is 489 Å². The van der Waals surface area contributed by atoms with Crippen molar-refractivity contribution in [2.75, 3.05) is 26.4 Å². The van der Waals surface area contributed by atoms with Gasteiger partial charge in [0.05, 0.1) is 0 Å². The molecule has 0 fully saturated rings. The summed E-state index contributed by atoms with van der Waals surface area (Å²) in [5.41, 5.74) is 0. The van der Waals surface area contributed by atoms with Crippen LogP contribution in [0, 0.1) is 0 Å². The Morgan fingerprint density at radius 2 is 0.306 bits per heavy atom. The molecule has 0 aliphatic heterocycles. The molecular weight excluding hydrogens is 1350 g/mol. The average Bonchev–Trinajstić information content (AvgIpc) is 0.954. The number of esters is 6. The highest BCUT2D eigenvalue weighted by Gasteiger charge is 2.22. The van der Waals surface area contributed by atoms with Crippen LogP contribution in [0.3, 0.4) is 0 Å². The van der Waals surface area contributed by atoms with Crippen LogP contribution in [0.1, 0.15) is 477 Å². The zero-order chi connectivity index (χ0) is 78.3. The van der Waals surface area contributed by atoms with E-state index in [2.05, 4.69) is 88.5 Å². The fourth-order valence-corrected chi connectivity index (χ4v) is 13.5. The quantitative estimate of drug-likeness (QED) is 0.0246. The van der Waals surface area contributed by atoms with Gasteiger partial charge in [-0.1, -0.05) is 332 Å². The first kappa shape index (κ1) is 104. The third kappa shape index (κ3) is 84.0. The first-order valence-electron chi connectivity index (χ1n) is 46.4. The van der Waals surface area contributed by atoms with Gasteiger partial charge in [-0.2, -0.15) is 0 Å². The standard InChI is InChI=1S/C96H172O12/c1-5-9-13-17-21-25-29-33-37-43-49-55-61-67-73-79-91(97)103-85-89(86-104-92(98)80-74-68-62-56-50-44-38-34-30-26-22-18-14-10-6-2)107-95(101)83-77-71-65-59-53-47-41-42-48-54-60-66-72-78-84-96(102)108-90(87-105-93(99)81-75-69-63-57-51-45-39-35-31-27-23-19-15-11-7-3)88-106-94(100)82-76-70-64-58-52-46-40-36-32-28-24-20-16-12-8-4/h33-42,89-90H,5-32,43-88H2,1-4H3. The number of carbonyl (C=O) groups excluding carboxylic acids is 6. The maximum Gasteiger partial charge on any atom is 0.306 e. The lowest BCUT2D eigenvalue weighted by atomic mass is 10.1. The van der Waals surface area contributed by atoms with Crippen molar-refractivity contribution in [1.29, 1.82) is 0 Å². The number of allylic oxidation sites excluding steroid dienone is 10. The van der Waals surface area contributed by atoms with Crippen LogP contribution < -0.4 is 0 Å². The summed E-state index contributed by atoms with van der Waals surface area (Å²) >= 11 is 0. The van der Waals surface area contributed by atoms with Gasteiger partial charge in [-0.15, -0.1) is 0 Å². The minimum Gasteiger partial charge on any atom is -0.462 e. The van der Waals surface area contributed by atoms with Crippen LogP contribution in [-0.2, 0) is 57.2 Å². The molecule has 0 spiro atoms. The van der Waals surface area contributed by atoms with Gasteiger partial charge in [-0.25, -0.2) is 0 Å². The van der Waals surface area contributed by atoms with Gasteiger partial charge in [0, 0.05) is 38.5 Å². The Hall–Kier alpha value is -4.48. The molecule has 12 heteroatoms. The Morgan fingerprint density at radius 3 is 0.463 bits per heavy atom. The molecule has 108 heavy (non-hydrogen) atoms. The molecule has 0 aliphatic carbocycles. The molecule has 0 N–H and O–H groups in total. The molecule has 0 aliphatic rings. The van der Waals surface area contributed by atoms with Gasteiger partial charge in [0.2, 0.25) is 0 Å². The summed E-state index contributed by atoms with van der Waals surface area (Å²) in [6.07, 6.45) is 96.7. The van der Waals surface area contributed by atoms with Gasteiger partial charge >= 0.3 is 35.8 Å². The number of rotatable bonds is 86. The summed E-state index contributed by atoms with van der Waals surface area (Å²) in [5, 5.41) is 0. The first-order valence-corrected chi connectivity index (χ1v) is 46.4. The molecule has 12 nitrogen and oxygen atoms in total. The van der Waals surface area contributed by atoms with Crippen molar-refractivity contribution < 1.29 is 57.2 Å². The van der Waals surface area contributed by atoms with Gasteiger partial charge in [0.15, 0.2) is 12.2 Å². The monoisotopic (exact) mass is 1520 g/mol. The lowest BCUT2D eigenvalue weighted by Crippen LogP contribution is -2.30. The van der Waals surface area contributed by atoms with Gasteiger partial charge in [0.1, 0.15) is 26.4 Å². The smallest absolute Gasteiger partial charge is 0.306 e. The van der Waals surface area contributed by atoms with Crippen LogP contribution in [0.15, 0.2) is 60.8 Å². The minimum atomic E-state index is -0.831. The van der Waals surface area contributed by atoms with E-state index in [1.54, 1.807) is 0 Å². The van der Waals surface area contributed by atoms with E-state index >= 15 is 0 Å². The van der Waals surface area contributed by atoms with E-state index in [9.17, 15) is 28.8 Å². The highest BCUT2D eigenvalue weighted by molar-refractivity contribution is 5.72. The SMILES string of the molecule is CCCCCCCCC=CCCCCCCCC(=O)OCC(COC(=O)CCCCCCCC=CCCCCCCCC)OC(=O)CCCCCCCC=CCCCCCCCC(=O)OC(COC(=O)CCCCCCCC=CCCCCCCCC)COC(=O)CCCCCCCC=CCCCCCCCC. The van der Waals surface area contributed by atoms with Gasteiger partial charge in [-0.05, 0) is 167 Å². The molecule has 0 aromatic rings. The maximum absolute atomic E-state index is 13.1. The summed E-state index contributed by atoms with van der Waals surface area (Å²) in [5.74, 6) is -1.97. The van der Waals surface area contributed by atoms with Crippen molar-refractivity contribution in [3.63, 3.8) is 0 Å². The third-order valence-electron chi connectivity index (χ3n) is 20.6. The van der Waals surface area contributed by atoms with Crippen molar-refractivity contribution in [3.8, 4) is 0 Å². The summed E-state index contributed by atoms with van der Waals surface area (Å²) in [6, 6.07) is 0. The van der Waals surface area contributed by atoms with Gasteiger partial charge < -0.3 is 28.4 Å². The number of hydrogen-bond acceptors (Lipinski definition) is 12. The topological polar surface area (TPSA) is 158 Å². The number of unbranched alkanes of at least 4 members (excludes halogenated alkanes) is 54. The molecule has 0 bridgehead atoms. The molecule has 0 amide bonds. The largest absolute Gasteiger partial charge is 0.462 e. The number of ether oxygens (including phenoxy) is 6. The molecule has 0 aromatic carbocycles. The summed E-state index contributed by atoms with van der Waals surface area (Å²) in [7, 11) is 0. The molecule has 0 radical (unpaired) electrons. The average molecular weight is 1520 g/mol. The zero-order valence-corrected chi connectivity index (χ0v) is 71.2. The first-order chi connectivity index (χ1) is 53.1. The number of hydrogen-bond donors (Lipinski definition) is 0. The number of carbonyl (C=O) groups is 6. The van der Waals surface area contributed by atoms with E-state index in [0.29, 0.717) is 38.5 Å². The second-order valence-electron chi connectivity index (χ2n) is 31.4. The second-order valence-corrected chi connectivity index (χ2v) is 31.4. The van der Waals surface area contributed by atoms with Crippen molar-refractivity contribution in [2.24, 2.45) is 0 Å². The van der Waals surface area contributed by atoms with Crippen molar-refractivity contribution in [1.82, 2.24) is 0 Å². The molecule has 0 saturated heterocycles. The molecule has 0 rings (SSSR count). The molecule has 0 aromatic heterocycles. The Morgan fingerprint density at radius 1 is 0.176 bits per heavy atom. The molecule has 628 valence electrons. The zero-order valence-electron chi connectivity index (χ0n) is 71.2. The second kappa shape index (κ2) is 88.1. The predicted octanol–water partition coefficient (Wildman–Crippen LogP) is 29.2. The van der Waals surface area contributed by atoms with Crippen LogP contribution in [0.4, 0.5) is 0 Å². The normalized spacial score (nSPS) is 12.4. The fourth-order valence-electron chi connectivity index (χ4n) is 13.5. The molecule has 0 saturated carbocycles. The van der Waals surface area contributed by atoms with Crippen LogP contribution >= 0.6 is 0 Å². The highest BCUT2D eigenvalue weighted by Crippen LogP contribution is 2.19. The van der Waals surface area contributed by atoms with E-state index < -0.39 is 12.2 Å². The van der Waals surface area contributed by atoms with E-state index in [4.69, 9.17) is 28.4 Å². The predicted molar refractivity (Wildman–Crippen MR) is 455 cm³/mol. The molecule has 0 atom stereocenters. The molecule has 0 heterocycles. The van der Waals surface area contributed by atoms with Gasteiger partial charge in [0.25, 0.3) is 0 Å². The Kier molecular flexibility index (Phi) is 84.4. The molecule has 0 unspecified atom stereocenters. The summed E-state index contributed by atoms with van der Waals surface area (Å²) in [4.78, 5) is 77.3. The minimum absolute atomic E-state index is 0.119. The summed E-state index contributed by atoms with van der Waals surface area (Å²) < 4.78 is 34.0. The lowest BCUT2D eigenvalue weighted by molar-refractivity contribution is -0.167. The van der Waals surface area contributed by atoms with Crippen LogP contribution in [-0.4, -0.2) is 74.5 Å². The van der Waals surface area contributed by atoms with Gasteiger partial charge in [-0.3, -0.25) is 28.8 Å². The molecular formula is C96H172O12. The Labute approximate surface area is 666 Å². The summed E-state index contributed by atoms with van der Waals surface area (Å²) in [6.45, 7) is 8.56. The Bertz CT molecular complexity index is 1870.